The molecule has 80 valence electrons. The second kappa shape index (κ2) is 6.02. The van der Waals surface area contributed by atoms with Gasteiger partial charge in [0.25, 0.3) is 0 Å². The Morgan fingerprint density at radius 3 is 3.00 bits per heavy atom. The van der Waals surface area contributed by atoms with E-state index >= 15 is 0 Å². The third-order valence-corrected chi connectivity index (χ3v) is 2.09. The minimum absolute atomic E-state index is 0.551. The first-order valence-electron chi connectivity index (χ1n) is 5.21. The van der Waals surface area contributed by atoms with Crippen LogP contribution in [-0.4, -0.2) is 11.6 Å². The monoisotopic (exact) mass is 204 g/mol. The van der Waals surface area contributed by atoms with E-state index < -0.39 is 0 Å². The molecule has 0 aliphatic rings. The molecule has 0 fully saturated rings. The largest absolute Gasteiger partial charge is 0.491 e. The van der Waals surface area contributed by atoms with E-state index in [0.29, 0.717) is 23.8 Å². The van der Waals surface area contributed by atoms with Crippen molar-refractivity contribution >= 4 is 0 Å². The lowest BCUT2D eigenvalue weighted by molar-refractivity contribution is 0.296. The molecule has 0 N–H and O–H groups in total. The van der Waals surface area contributed by atoms with Gasteiger partial charge in [-0.25, -0.2) is 0 Å². The molecule has 0 aliphatic heterocycles. The molecule has 3 heteroatoms. The summed E-state index contributed by atoms with van der Waals surface area (Å²) in [5.41, 5.74) is 0.551. The van der Waals surface area contributed by atoms with E-state index in [-0.39, 0.29) is 0 Å². The quantitative estimate of drug-likeness (QED) is 0.693. The summed E-state index contributed by atoms with van der Waals surface area (Å²) in [5, 5.41) is 8.81. The maximum atomic E-state index is 8.81. The van der Waals surface area contributed by atoms with Gasteiger partial charge >= 0.3 is 0 Å². The predicted molar refractivity (Wildman–Crippen MR) is 58.5 cm³/mol. The fourth-order valence-corrected chi connectivity index (χ4v) is 1.26. The van der Waals surface area contributed by atoms with Crippen molar-refractivity contribution in [2.75, 3.05) is 6.61 Å². The molecular weight excluding hydrogens is 188 g/mol. The molecule has 1 rings (SSSR count). The Balaban J connectivity index is 2.41. The van der Waals surface area contributed by atoms with Crippen molar-refractivity contribution < 1.29 is 4.74 Å². The third-order valence-electron chi connectivity index (χ3n) is 2.09. The van der Waals surface area contributed by atoms with Crippen LogP contribution in [0.3, 0.4) is 0 Å². The summed E-state index contributed by atoms with van der Waals surface area (Å²) >= 11 is 0. The number of nitriles is 1. The molecule has 0 bridgehead atoms. The normalized spacial score (nSPS) is 10.0. The SMILES string of the molecule is CC(C)CCCOc1cnccc1C#N. The Kier molecular flexibility index (Phi) is 4.62. The van der Waals surface area contributed by atoms with E-state index in [9.17, 15) is 0 Å². The zero-order chi connectivity index (χ0) is 11.1. The Bertz CT molecular complexity index is 342. The molecule has 1 heterocycles. The third kappa shape index (κ3) is 3.99. The lowest BCUT2D eigenvalue weighted by Gasteiger charge is -2.07. The first-order chi connectivity index (χ1) is 7.24. The first kappa shape index (κ1) is 11.5. The molecule has 0 aromatic carbocycles. The summed E-state index contributed by atoms with van der Waals surface area (Å²) in [6, 6.07) is 3.74. The highest BCUT2D eigenvalue weighted by atomic mass is 16.5. The maximum Gasteiger partial charge on any atom is 0.155 e. The van der Waals surface area contributed by atoms with Crippen molar-refractivity contribution in [3.63, 3.8) is 0 Å². The molecule has 0 saturated heterocycles. The number of hydrogen-bond acceptors (Lipinski definition) is 3. The number of rotatable bonds is 5. The molecule has 0 radical (unpaired) electrons. The number of pyridine rings is 1. The van der Waals surface area contributed by atoms with Crippen LogP contribution < -0.4 is 4.74 Å². The molecule has 0 aliphatic carbocycles. The second-order valence-corrected chi connectivity index (χ2v) is 3.87. The fourth-order valence-electron chi connectivity index (χ4n) is 1.26. The van der Waals surface area contributed by atoms with E-state index in [4.69, 9.17) is 10.00 Å². The van der Waals surface area contributed by atoms with E-state index in [1.165, 1.54) is 0 Å². The smallest absolute Gasteiger partial charge is 0.155 e. The van der Waals surface area contributed by atoms with Crippen LogP contribution in [0.15, 0.2) is 18.5 Å². The molecule has 0 atom stereocenters. The summed E-state index contributed by atoms with van der Waals surface area (Å²) in [4.78, 5) is 3.93. The lowest BCUT2D eigenvalue weighted by Crippen LogP contribution is -2.01. The summed E-state index contributed by atoms with van der Waals surface area (Å²) in [5.74, 6) is 1.28. The molecule has 1 aromatic rings. The zero-order valence-electron chi connectivity index (χ0n) is 9.23. The van der Waals surface area contributed by atoms with Crippen LogP contribution in [0.2, 0.25) is 0 Å². The zero-order valence-corrected chi connectivity index (χ0v) is 9.23. The number of aromatic nitrogens is 1. The molecule has 0 saturated carbocycles. The summed E-state index contributed by atoms with van der Waals surface area (Å²) in [6.07, 6.45) is 5.34. The molecule has 15 heavy (non-hydrogen) atoms. The molecular formula is C12H16N2O. The van der Waals surface area contributed by atoms with Gasteiger partial charge in [-0.3, -0.25) is 4.98 Å². The topological polar surface area (TPSA) is 45.9 Å². The molecule has 1 aromatic heterocycles. The van der Waals surface area contributed by atoms with Gasteiger partial charge in [0.1, 0.15) is 6.07 Å². The van der Waals surface area contributed by atoms with E-state index in [1.54, 1.807) is 18.5 Å². The number of hydrogen-bond donors (Lipinski definition) is 0. The minimum Gasteiger partial charge on any atom is -0.491 e. The van der Waals surface area contributed by atoms with Crippen molar-refractivity contribution in [2.45, 2.75) is 26.7 Å². The van der Waals surface area contributed by atoms with Gasteiger partial charge in [0.2, 0.25) is 0 Å². The standard InChI is InChI=1S/C12H16N2O/c1-10(2)4-3-7-15-12-9-14-6-5-11(12)8-13/h5-6,9-10H,3-4,7H2,1-2H3. The molecule has 0 unspecified atom stereocenters. The van der Waals surface area contributed by atoms with E-state index in [0.717, 1.165) is 12.8 Å². The fraction of sp³-hybridized carbons (Fsp3) is 0.500. The Hall–Kier alpha value is -1.56. The van der Waals surface area contributed by atoms with Gasteiger partial charge in [0, 0.05) is 6.20 Å². The van der Waals surface area contributed by atoms with E-state index in [1.807, 2.05) is 0 Å². The van der Waals surface area contributed by atoms with Crippen LogP contribution in [0.4, 0.5) is 0 Å². The highest BCUT2D eigenvalue weighted by Crippen LogP contribution is 2.15. The van der Waals surface area contributed by atoms with Gasteiger partial charge in [0.15, 0.2) is 5.75 Å². The second-order valence-electron chi connectivity index (χ2n) is 3.87. The van der Waals surface area contributed by atoms with Crippen molar-refractivity contribution in [3.05, 3.63) is 24.0 Å². The highest BCUT2D eigenvalue weighted by molar-refractivity contribution is 5.40. The number of ether oxygens (including phenoxy) is 1. The molecule has 3 nitrogen and oxygen atoms in total. The van der Waals surface area contributed by atoms with Crippen molar-refractivity contribution in [3.8, 4) is 11.8 Å². The van der Waals surface area contributed by atoms with Gasteiger partial charge in [-0.05, 0) is 24.8 Å². The average Bonchev–Trinajstić information content (AvgIpc) is 2.24. The maximum absolute atomic E-state index is 8.81. The average molecular weight is 204 g/mol. The molecule has 0 spiro atoms. The van der Waals surface area contributed by atoms with Crippen molar-refractivity contribution in [1.82, 2.24) is 4.98 Å². The first-order valence-corrected chi connectivity index (χ1v) is 5.21. The van der Waals surface area contributed by atoms with Crippen LogP contribution in [-0.2, 0) is 0 Å². The van der Waals surface area contributed by atoms with Crippen LogP contribution in [0.1, 0.15) is 32.3 Å². The Labute approximate surface area is 90.7 Å². The van der Waals surface area contributed by atoms with Crippen LogP contribution in [0.25, 0.3) is 0 Å². The van der Waals surface area contributed by atoms with Crippen molar-refractivity contribution in [1.29, 1.82) is 5.26 Å². The van der Waals surface area contributed by atoms with Gasteiger partial charge < -0.3 is 4.74 Å². The lowest BCUT2D eigenvalue weighted by atomic mass is 10.1. The number of nitrogens with zero attached hydrogens (tertiary/aromatic N) is 2. The van der Waals surface area contributed by atoms with Crippen LogP contribution in [0.5, 0.6) is 5.75 Å². The summed E-state index contributed by atoms with van der Waals surface area (Å²) in [7, 11) is 0. The highest BCUT2D eigenvalue weighted by Gasteiger charge is 2.02. The van der Waals surface area contributed by atoms with Gasteiger partial charge in [0.05, 0.1) is 18.4 Å². The summed E-state index contributed by atoms with van der Waals surface area (Å²) < 4.78 is 5.49. The Morgan fingerprint density at radius 1 is 1.53 bits per heavy atom. The minimum atomic E-state index is 0.551. The van der Waals surface area contributed by atoms with Gasteiger partial charge in [-0.1, -0.05) is 13.8 Å². The van der Waals surface area contributed by atoms with E-state index in [2.05, 4.69) is 24.9 Å². The molecule has 0 amide bonds. The Morgan fingerprint density at radius 2 is 2.33 bits per heavy atom. The van der Waals surface area contributed by atoms with Gasteiger partial charge in [-0.2, -0.15) is 5.26 Å². The van der Waals surface area contributed by atoms with Gasteiger partial charge in [-0.15, -0.1) is 0 Å². The van der Waals surface area contributed by atoms with Crippen molar-refractivity contribution in [2.24, 2.45) is 5.92 Å². The van der Waals surface area contributed by atoms with Crippen LogP contribution >= 0.6 is 0 Å². The summed E-state index contributed by atoms with van der Waals surface area (Å²) in [6.45, 7) is 5.02. The van der Waals surface area contributed by atoms with Crippen LogP contribution in [0, 0.1) is 17.2 Å². The predicted octanol–water partition coefficient (Wildman–Crippen LogP) is 2.77.